The predicted octanol–water partition coefficient (Wildman–Crippen LogP) is 2.59. The summed E-state index contributed by atoms with van der Waals surface area (Å²) in [6.07, 6.45) is 0.683. The topological polar surface area (TPSA) is 26.3 Å². The lowest BCUT2D eigenvalue weighted by atomic mass is 10.2. The van der Waals surface area contributed by atoms with Crippen LogP contribution in [0.3, 0.4) is 0 Å². The zero-order chi connectivity index (χ0) is 10.6. The van der Waals surface area contributed by atoms with Crippen molar-refractivity contribution >= 4 is 5.97 Å². The molecule has 1 unspecified atom stereocenters. The van der Waals surface area contributed by atoms with Gasteiger partial charge in [0.05, 0.1) is 0 Å². The Morgan fingerprint density at radius 3 is 2.71 bits per heavy atom. The fraction of sp³-hybridized carbons (Fsp3) is 0.667. The van der Waals surface area contributed by atoms with Crippen LogP contribution in [0.2, 0.25) is 0 Å². The summed E-state index contributed by atoms with van der Waals surface area (Å²) in [5.41, 5.74) is 0. The van der Waals surface area contributed by atoms with Gasteiger partial charge in [-0.2, -0.15) is 13.2 Å². The molecular formula is C9H11F3O2. The molecule has 14 heavy (non-hydrogen) atoms. The molecular weight excluding hydrogens is 197 g/mol. The monoisotopic (exact) mass is 208 g/mol. The van der Waals surface area contributed by atoms with Crippen molar-refractivity contribution < 1.29 is 22.7 Å². The molecule has 0 aliphatic heterocycles. The lowest BCUT2D eigenvalue weighted by molar-refractivity contribution is -0.203. The van der Waals surface area contributed by atoms with Crippen molar-refractivity contribution in [2.45, 2.75) is 38.0 Å². The molecule has 0 amide bonds. The highest BCUT2D eigenvalue weighted by molar-refractivity contribution is 5.75. The van der Waals surface area contributed by atoms with Gasteiger partial charge in [0.25, 0.3) is 0 Å². The maximum atomic E-state index is 11.8. The summed E-state index contributed by atoms with van der Waals surface area (Å²) in [7, 11) is 0. The molecule has 0 aromatic heterocycles. The maximum Gasteiger partial charge on any atom is 0.490 e. The highest BCUT2D eigenvalue weighted by Gasteiger charge is 2.41. The van der Waals surface area contributed by atoms with Gasteiger partial charge in [0.2, 0.25) is 0 Å². The molecule has 0 N–H and O–H groups in total. The van der Waals surface area contributed by atoms with E-state index in [0.717, 1.165) is 19.3 Å². The quantitative estimate of drug-likeness (QED) is 0.489. The van der Waals surface area contributed by atoms with E-state index in [0.29, 0.717) is 6.42 Å². The Kier molecular flexibility index (Phi) is 3.55. The lowest BCUT2D eigenvalue weighted by Crippen LogP contribution is -2.29. The van der Waals surface area contributed by atoms with E-state index in [1.54, 1.807) is 6.08 Å². The number of esters is 1. The van der Waals surface area contributed by atoms with Crippen LogP contribution in [0.5, 0.6) is 0 Å². The summed E-state index contributed by atoms with van der Waals surface area (Å²) in [5, 5.41) is 0. The molecule has 0 fully saturated rings. The molecule has 1 aliphatic carbocycles. The van der Waals surface area contributed by atoms with Gasteiger partial charge in [-0.05, 0) is 31.8 Å². The van der Waals surface area contributed by atoms with Crippen LogP contribution in [-0.4, -0.2) is 18.2 Å². The Morgan fingerprint density at radius 1 is 1.36 bits per heavy atom. The van der Waals surface area contributed by atoms with Crippen molar-refractivity contribution in [2.75, 3.05) is 0 Å². The molecule has 5 heteroatoms. The third-order valence-corrected chi connectivity index (χ3v) is 1.95. The van der Waals surface area contributed by atoms with Crippen molar-refractivity contribution in [3.05, 3.63) is 12.2 Å². The smallest absolute Gasteiger partial charge is 0.451 e. The van der Waals surface area contributed by atoms with Gasteiger partial charge in [-0.15, -0.1) is 0 Å². The van der Waals surface area contributed by atoms with Gasteiger partial charge in [0.1, 0.15) is 6.10 Å². The van der Waals surface area contributed by atoms with Gasteiger partial charge in [-0.1, -0.05) is 6.08 Å². The van der Waals surface area contributed by atoms with Crippen LogP contribution in [0, 0.1) is 0 Å². The fourth-order valence-electron chi connectivity index (χ4n) is 1.25. The van der Waals surface area contributed by atoms with E-state index in [4.69, 9.17) is 0 Å². The maximum absolute atomic E-state index is 11.8. The number of alkyl halides is 3. The third-order valence-electron chi connectivity index (χ3n) is 1.95. The molecule has 1 rings (SSSR count). The van der Waals surface area contributed by atoms with Gasteiger partial charge in [-0.25, -0.2) is 4.79 Å². The molecule has 80 valence electrons. The van der Waals surface area contributed by atoms with Gasteiger partial charge in [0, 0.05) is 0 Å². The first-order valence-corrected chi connectivity index (χ1v) is 4.44. The molecule has 0 aromatic rings. The van der Waals surface area contributed by atoms with Crippen LogP contribution in [0.4, 0.5) is 13.2 Å². The summed E-state index contributed by atoms with van der Waals surface area (Å²) < 4.78 is 39.7. The van der Waals surface area contributed by atoms with Crippen molar-refractivity contribution in [2.24, 2.45) is 0 Å². The summed E-state index contributed by atoms with van der Waals surface area (Å²) in [6.45, 7) is 0. The third kappa shape index (κ3) is 3.40. The minimum atomic E-state index is -4.89. The van der Waals surface area contributed by atoms with Crippen LogP contribution in [0.15, 0.2) is 12.2 Å². The van der Waals surface area contributed by atoms with E-state index in [1.807, 2.05) is 0 Å². The Labute approximate surface area is 79.7 Å². The minimum absolute atomic E-state index is 0.471. The highest BCUT2D eigenvalue weighted by atomic mass is 19.4. The van der Waals surface area contributed by atoms with Crippen LogP contribution in [0.1, 0.15) is 25.7 Å². The summed E-state index contributed by atoms with van der Waals surface area (Å²) in [4.78, 5) is 10.5. The van der Waals surface area contributed by atoms with Crippen molar-refractivity contribution in [1.82, 2.24) is 0 Å². The van der Waals surface area contributed by atoms with Gasteiger partial charge in [0.15, 0.2) is 0 Å². The zero-order valence-electron chi connectivity index (χ0n) is 7.51. The van der Waals surface area contributed by atoms with E-state index >= 15 is 0 Å². The molecule has 1 aliphatic rings. The lowest BCUT2D eigenvalue weighted by Gasteiger charge is -2.13. The van der Waals surface area contributed by atoms with Crippen molar-refractivity contribution in [1.29, 1.82) is 0 Å². The first kappa shape index (κ1) is 11.1. The van der Waals surface area contributed by atoms with Gasteiger partial charge < -0.3 is 4.74 Å². The van der Waals surface area contributed by atoms with Crippen LogP contribution in [-0.2, 0) is 9.53 Å². The van der Waals surface area contributed by atoms with Crippen molar-refractivity contribution in [3.63, 3.8) is 0 Å². The van der Waals surface area contributed by atoms with Gasteiger partial charge >= 0.3 is 12.1 Å². The number of carbonyl (C=O) groups excluding carboxylic acids is 1. The van der Waals surface area contributed by atoms with Crippen LogP contribution < -0.4 is 0 Å². The Bertz CT molecular complexity index is 233. The highest BCUT2D eigenvalue weighted by Crippen LogP contribution is 2.20. The minimum Gasteiger partial charge on any atom is -0.451 e. The Balaban J connectivity index is 2.46. The second-order valence-electron chi connectivity index (χ2n) is 3.15. The second-order valence-corrected chi connectivity index (χ2v) is 3.15. The molecule has 0 radical (unpaired) electrons. The number of ether oxygens (including phenoxy) is 1. The standard InChI is InChI=1S/C9H11F3O2/c10-9(11,12)8(13)14-7-5-3-1-2-4-6-7/h3,5,7H,1-2,4,6H2. The molecule has 1 atom stereocenters. The Morgan fingerprint density at radius 2 is 2.07 bits per heavy atom. The average Bonchev–Trinajstić information content (AvgIpc) is 2.31. The molecule has 0 saturated carbocycles. The number of halogens is 3. The summed E-state index contributed by atoms with van der Waals surface area (Å²) in [6, 6.07) is 0. The van der Waals surface area contributed by atoms with E-state index in [2.05, 4.69) is 4.74 Å². The predicted molar refractivity (Wildman–Crippen MR) is 43.5 cm³/mol. The number of rotatable bonds is 1. The number of allylic oxidation sites excluding steroid dienone is 1. The molecule has 2 nitrogen and oxygen atoms in total. The average molecular weight is 208 g/mol. The SMILES string of the molecule is O=C(OC1C=CCCCC1)C(F)(F)F. The number of carbonyl (C=O) groups is 1. The number of hydrogen-bond acceptors (Lipinski definition) is 2. The number of hydrogen-bond donors (Lipinski definition) is 0. The van der Waals surface area contributed by atoms with E-state index in [9.17, 15) is 18.0 Å². The van der Waals surface area contributed by atoms with E-state index in [1.165, 1.54) is 6.08 Å². The van der Waals surface area contributed by atoms with Crippen LogP contribution >= 0.6 is 0 Å². The first-order chi connectivity index (χ1) is 6.50. The van der Waals surface area contributed by atoms with Crippen molar-refractivity contribution in [3.8, 4) is 0 Å². The molecule has 0 spiro atoms. The largest absolute Gasteiger partial charge is 0.490 e. The second kappa shape index (κ2) is 4.48. The summed E-state index contributed by atoms with van der Waals surface area (Å²) in [5.74, 6) is -2.10. The van der Waals surface area contributed by atoms with E-state index in [-0.39, 0.29) is 0 Å². The summed E-state index contributed by atoms with van der Waals surface area (Å²) >= 11 is 0. The van der Waals surface area contributed by atoms with Gasteiger partial charge in [-0.3, -0.25) is 0 Å². The molecule has 0 bridgehead atoms. The van der Waals surface area contributed by atoms with E-state index < -0.39 is 18.2 Å². The molecule has 0 saturated heterocycles. The first-order valence-electron chi connectivity index (χ1n) is 4.44. The molecule has 0 heterocycles. The Hall–Kier alpha value is -1.00. The van der Waals surface area contributed by atoms with Crippen LogP contribution in [0.25, 0.3) is 0 Å². The fourth-order valence-corrected chi connectivity index (χ4v) is 1.25. The normalized spacial score (nSPS) is 22.9. The molecule has 0 aromatic carbocycles. The zero-order valence-corrected chi connectivity index (χ0v) is 7.51.